The average Bonchev–Trinajstić information content (AvgIpc) is 2.53. The van der Waals surface area contributed by atoms with Gasteiger partial charge < -0.3 is 10.1 Å². The highest BCUT2D eigenvalue weighted by atomic mass is 16.5. The molecule has 1 aromatic carbocycles. The van der Waals surface area contributed by atoms with E-state index >= 15 is 0 Å². The molecule has 1 N–H and O–H groups in total. The lowest BCUT2D eigenvalue weighted by molar-refractivity contribution is 0.268. The van der Waals surface area contributed by atoms with E-state index < -0.39 is 0 Å². The Hall–Kier alpha value is -2.54. The minimum atomic E-state index is -0.331. The number of ether oxygens (including phenoxy) is 1. The summed E-state index contributed by atoms with van der Waals surface area (Å²) in [5, 5.41) is 3.25. The van der Waals surface area contributed by atoms with Crippen LogP contribution in [0.2, 0.25) is 0 Å². The largest absolute Gasteiger partial charge is 0.461 e. The molecule has 0 aliphatic rings. The molecule has 0 aliphatic heterocycles. The second-order valence-electron chi connectivity index (χ2n) is 4.63. The van der Waals surface area contributed by atoms with Crippen LogP contribution in [0.5, 0.6) is 5.88 Å². The predicted molar refractivity (Wildman–Crippen MR) is 85.2 cm³/mol. The van der Waals surface area contributed by atoms with Crippen LogP contribution < -0.4 is 10.1 Å². The summed E-state index contributed by atoms with van der Waals surface area (Å²) in [6.07, 6.45) is 6.04. The van der Waals surface area contributed by atoms with E-state index in [4.69, 9.17) is 11.2 Å². The summed E-state index contributed by atoms with van der Waals surface area (Å²) in [6, 6.07) is 11.6. The Morgan fingerprint density at radius 3 is 2.71 bits per heavy atom. The molecule has 4 nitrogen and oxygen atoms in total. The van der Waals surface area contributed by atoms with Crippen molar-refractivity contribution in [1.82, 2.24) is 9.97 Å². The second kappa shape index (κ2) is 7.30. The molecule has 0 saturated heterocycles. The zero-order chi connectivity index (χ0) is 15.1. The molecule has 0 radical (unpaired) electrons. The first-order chi connectivity index (χ1) is 10.2. The molecule has 0 spiro atoms. The van der Waals surface area contributed by atoms with Crippen LogP contribution in [0.1, 0.15) is 20.3 Å². The Morgan fingerprint density at radius 1 is 1.29 bits per heavy atom. The molecule has 1 atom stereocenters. The Bertz CT molecular complexity index is 620. The van der Waals surface area contributed by atoms with E-state index in [9.17, 15) is 0 Å². The average molecular weight is 281 g/mol. The number of anilines is 1. The van der Waals surface area contributed by atoms with Crippen molar-refractivity contribution in [3.8, 4) is 29.6 Å². The molecule has 108 valence electrons. The molecular formula is C17H19N3O. The van der Waals surface area contributed by atoms with Gasteiger partial charge in [0, 0.05) is 18.2 Å². The maximum absolute atomic E-state index is 5.62. The molecule has 1 heterocycles. The van der Waals surface area contributed by atoms with Gasteiger partial charge >= 0.3 is 0 Å². The smallest absolute Gasteiger partial charge is 0.220 e. The molecule has 0 amide bonds. The summed E-state index contributed by atoms with van der Waals surface area (Å²) in [4.78, 5) is 8.95. The van der Waals surface area contributed by atoms with Crippen molar-refractivity contribution in [3.05, 3.63) is 36.4 Å². The maximum Gasteiger partial charge on any atom is 0.220 e. The molecule has 21 heavy (non-hydrogen) atoms. The van der Waals surface area contributed by atoms with Crippen molar-refractivity contribution in [2.24, 2.45) is 0 Å². The van der Waals surface area contributed by atoms with Crippen LogP contribution in [0.25, 0.3) is 11.4 Å². The molecule has 1 aromatic heterocycles. The fourth-order valence-corrected chi connectivity index (χ4v) is 1.76. The van der Waals surface area contributed by atoms with E-state index in [1.54, 1.807) is 6.07 Å². The van der Waals surface area contributed by atoms with Gasteiger partial charge in [-0.25, -0.2) is 4.98 Å². The molecule has 2 rings (SSSR count). The van der Waals surface area contributed by atoms with Crippen LogP contribution in [0, 0.1) is 12.3 Å². The zero-order valence-corrected chi connectivity index (χ0v) is 12.3. The molecule has 1 unspecified atom stereocenters. The van der Waals surface area contributed by atoms with Gasteiger partial charge in [0.1, 0.15) is 5.82 Å². The number of hydrogen-bond acceptors (Lipinski definition) is 4. The molecule has 4 heteroatoms. The number of rotatable bonds is 6. The number of terminal acetylenes is 1. The van der Waals surface area contributed by atoms with Gasteiger partial charge in [0.2, 0.25) is 5.88 Å². The standard InChI is InChI=1S/C17H19N3O/c1-4-11-18-15-12-16(21-13(3)5-2)20-17(19-15)14-9-7-6-8-10-14/h2,6-10,12-13H,4,11H2,1,3H3,(H,18,19,20). The molecule has 0 aliphatic carbocycles. The molecule has 0 bridgehead atoms. The van der Waals surface area contributed by atoms with Gasteiger partial charge in [-0.1, -0.05) is 43.2 Å². The van der Waals surface area contributed by atoms with Gasteiger partial charge in [0.05, 0.1) is 0 Å². The fraction of sp³-hybridized carbons (Fsp3) is 0.294. The Kier molecular flexibility index (Phi) is 5.16. The van der Waals surface area contributed by atoms with Crippen LogP contribution in [-0.4, -0.2) is 22.6 Å². The first kappa shape index (κ1) is 14.9. The Morgan fingerprint density at radius 2 is 2.05 bits per heavy atom. The number of nitrogens with one attached hydrogen (secondary N) is 1. The van der Waals surface area contributed by atoms with Gasteiger partial charge in [-0.3, -0.25) is 0 Å². The highest BCUT2D eigenvalue weighted by Gasteiger charge is 2.09. The van der Waals surface area contributed by atoms with Crippen molar-refractivity contribution in [3.63, 3.8) is 0 Å². The van der Waals surface area contributed by atoms with Crippen LogP contribution >= 0.6 is 0 Å². The van der Waals surface area contributed by atoms with E-state index in [1.807, 2.05) is 37.3 Å². The third kappa shape index (κ3) is 4.22. The molecule has 0 saturated carbocycles. The van der Waals surface area contributed by atoms with Gasteiger partial charge in [-0.2, -0.15) is 4.98 Å². The van der Waals surface area contributed by atoms with E-state index in [0.717, 1.165) is 24.3 Å². The summed E-state index contributed by atoms with van der Waals surface area (Å²) in [7, 11) is 0. The first-order valence-electron chi connectivity index (χ1n) is 7.04. The highest BCUT2D eigenvalue weighted by Crippen LogP contribution is 2.22. The Balaban J connectivity index is 2.35. The lowest BCUT2D eigenvalue weighted by Crippen LogP contribution is -2.11. The van der Waals surface area contributed by atoms with Crippen LogP contribution in [0.15, 0.2) is 36.4 Å². The lowest BCUT2D eigenvalue weighted by atomic mass is 10.2. The van der Waals surface area contributed by atoms with Crippen molar-refractivity contribution in [2.75, 3.05) is 11.9 Å². The third-order valence-corrected chi connectivity index (χ3v) is 2.82. The van der Waals surface area contributed by atoms with E-state index in [1.165, 1.54) is 0 Å². The monoisotopic (exact) mass is 281 g/mol. The summed E-state index contributed by atoms with van der Waals surface area (Å²) < 4.78 is 5.62. The molecule has 0 fully saturated rings. The first-order valence-corrected chi connectivity index (χ1v) is 7.04. The molecular weight excluding hydrogens is 262 g/mol. The van der Waals surface area contributed by atoms with Crippen LogP contribution in [-0.2, 0) is 0 Å². The quantitative estimate of drug-likeness (QED) is 0.825. The summed E-state index contributed by atoms with van der Waals surface area (Å²) in [5.41, 5.74) is 0.941. The fourth-order valence-electron chi connectivity index (χ4n) is 1.76. The van der Waals surface area contributed by atoms with Crippen LogP contribution in [0.4, 0.5) is 5.82 Å². The zero-order valence-electron chi connectivity index (χ0n) is 12.3. The second-order valence-corrected chi connectivity index (χ2v) is 4.63. The van der Waals surface area contributed by atoms with Crippen LogP contribution in [0.3, 0.4) is 0 Å². The van der Waals surface area contributed by atoms with Crippen molar-refractivity contribution >= 4 is 5.82 Å². The van der Waals surface area contributed by atoms with E-state index in [0.29, 0.717) is 11.7 Å². The van der Waals surface area contributed by atoms with Crippen molar-refractivity contribution in [1.29, 1.82) is 0 Å². The minimum Gasteiger partial charge on any atom is -0.461 e. The summed E-state index contributed by atoms with van der Waals surface area (Å²) in [6.45, 7) is 4.75. The van der Waals surface area contributed by atoms with Crippen molar-refractivity contribution < 1.29 is 4.74 Å². The third-order valence-electron chi connectivity index (χ3n) is 2.82. The van der Waals surface area contributed by atoms with Gasteiger partial charge in [-0.15, -0.1) is 6.42 Å². The van der Waals surface area contributed by atoms with Gasteiger partial charge in [0.25, 0.3) is 0 Å². The van der Waals surface area contributed by atoms with Gasteiger partial charge in [0.15, 0.2) is 11.9 Å². The number of benzene rings is 1. The topological polar surface area (TPSA) is 47.0 Å². The van der Waals surface area contributed by atoms with E-state index in [-0.39, 0.29) is 6.10 Å². The van der Waals surface area contributed by atoms with Crippen molar-refractivity contribution in [2.45, 2.75) is 26.4 Å². The SMILES string of the molecule is C#CC(C)Oc1cc(NCCC)nc(-c2ccccc2)n1. The normalized spacial score (nSPS) is 11.5. The summed E-state index contributed by atoms with van der Waals surface area (Å²) in [5.74, 6) is 4.37. The van der Waals surface area contributed by atoms with E-state index in [2.05, 4.69) is 28.1 Å². The lowest BCUT2D eigenvalue weighted by Gasteiger charge is -2.12. The molecule has 2 aromatic rings. The summed E-state index contributed by atoms with van der Waals surface area (Å²) >= 11 is 0. The van der Waals surface area contributed by atoms with Gasteiger partial charge in [-0.05, 0) is 13.3 Å². The maximum atomic E-state index is 5.62. The minimum absolute atomic E-state index is 0.331. The number of aromatic nitrogens is 2. The predicted octanol–water partition coefficient (Wildman–Crippen LogP) is 3.37. The highest BCUT2D eigenvalue weighted by molar-refractivity contribution is 5.58. The number of nitrogens with zero attached hydrogens (tertiary/aromatic N) is 2. The Labute approximate surface area is 125 Å². The number of hydrogen-bond donors (Lipinski definition) is 1.